The number of thioether (sulfide) groups is 1. The van der Waals surface area contributed by atoms with Crippen molar-refractivity contribution in [2.45, 2.75) is 18.7 Å². The molecule has 0 saturated heterocycles. The zero-order valence-corrected chi connectivity index (χ0v) is 9.54. The Morgan fingerprint density at radius 1 is 1.40 bits per heavy atom. The fourth-order valence-corrected chi connectivity index (χ4v) is 2.16. The number of aryl methyl sites for hydroxylation is 1. The Labute approximate surface area is 92.9 Å². The van der Waals surface area contributed by atoms with E-state index in [0.717, 1.165) is 11.3 Å². The lowest BCUT2D eigenvalue weighted by molar-refractivity contribution is 0.567. The first kappa shape index (κ1) is 10.2. The second-order valence-electron chi connectivity index (χ2n) is 3.18. The van der Waals surface area contributed by atoms with Crippen LogP contribution in [-0.2, 0) is 0 Å². The lowest BCUT2D eigenvalue weighted by atomic mass is 10.1. The van der Waals surface area contributed by atoms with E-state index in [0.29, 0.717) is 5.89 Å². The number of nitrogens with zero attached hydrogens (tertiary/aromatic N) is 2. The molecule has 1 aromatic heterocycles. The maximum Gasteiger partial charge on any atom is 0.248 e. The van der Waals surface area contributed by atoms with Crippen LogP contribution in [0.4, 0.5) is 0 Å². The molecule has 0 atom stereocenters. The van der Waals surface area contributed by atoms with Crippen LogP contribution in [0.15, 0.2) is 33.9 Å². The van der Waals surface area contributed by atoms with Crippen LogP contribution in [0, 0.1) is 6.92 Å². The van der Waals surface area contributed by atoms with Gasteiger partial charge in [0.25, 0.3) is 0 Å². The van der Waals surface area contributed by atoms with E-state index in [1.165, 1.54) is 16.9 Å². The summed E-state index contributed by atoms with van der Waals surface area (Å²) < 4.78 is 5.23. The monoisotopic (exact) mass is 220 g/mol. The predicted molar refractivity (Wildman–Crippen MR) is 60.9 cm³/mol. The van der Waals surface area contributed by atoms with Gasteiger partial charge in [0.1, 0.15) is 0 Å². The normalized spacial score (nSPS) is 10.5. The topological polar surface area (TPSA) is 38.9 Å². The summed E-state index contributed by atoms with van der Waals surface area (Å²) in [5.41, 5.74) is 2.23. The van der Waals surface area contributed by atoms with Gasteiger partial charge in [0, 0.05) is 4.90 Å². The molecule has 0 aliphatic carbocycles. The minimum absolute atomic E-state index is 0.592. The van der Waals surface area contributed by atoms with Crippen molar-refractivity contribution < 1.29 is 4.42 Å². The van der Waals surface area contributed by atoms with Gasteiger partial charge in [-0.25, -0.2) is 0 Å². The Bertz CT molecular complexity index is 440. The smallest absolute Gasteiger partial charge is 0.248 e. The van der Waals surface area contributed by atoms with Crippen LogP contribution in [0.2, 0.25) is 0 Å². The van der Waals surface area contributed by atoms with Gasteiger partial charge in [-0.05, 0) is 24.8 Å². The highest BCUT2D eigenvalue weighted by Gasteiger charge is 2.09. The SMILES string of the molecule is CCSc1ccc(C)cc1-c1nnco1. The van der Waals surface area contributed by atoms with Gasteiger partial charge in [-0.1, -0.05) is 18.6 Å². The third kappa shape index (κ3) is 2.21. The summed E-state index contributed by atoms with van der Waals surface area (Å²) in [6.45, 7) is 4.18. The van der Waals surface area contributed by atoms with Crippen molar-refractivity contribution in [3.63, 3.8) is 0 Å². The molecule has 0 unspecified atom stereocenters. The van der Waals surface area contributed by atoms with Gasteiger partial charge in [0.05, 0.1) is 5.56 Å². The number of aromatic nitrogens is 2. The lowest BCUT2D eigenvalue weighted by Crippen LogP contribution is -1.85. The molecule has 0 N–H and O–H groups in total. The van der Waals surface area contributed by atoms with Crippen LogP contribution in [-0.4, -0.2) is 16.0 Å². The molecule has 0 amide bonds. The van der Waals surface area contributed by atoms with Crippen molar-refractivity contribution in [1.29, 1.82) is 0 Å². The number of rotatable bonds is 3. The Hall–Kier alpha value is -1.29. The molecule has 1 aromatic carbocycles. The van der Waals surface area contributed by atoms with Gasteiger partial charge in [-0.3, -0.25) is 0 Å². The number of benzene rings is 1. The van der Waals surface area contributed by atoms with Crippen molar-refractivity contribution in [3.8, 4) is 11.5 Å². The van der Waals surface area contributed by atoms with Crippen LogP contribution >= 0.6 is 11.8 Å². The highest BCUT2D eigenvalue weighted by Crippen LogP contribution is 2.30. The molecule has 0 radical (unpaired) electrons. The predicted octanol–water partition coefficient (Wildman–Crippen LogP) is 3.16. The standard InChI is InChI=1S/C11H12N2OS/c1-3-15-10-5-4-8(2)6-9(10)11-13-12-7-14-11/h4-7H,3H2,1-2H3. The molecular weight excluding hydrogens is 208 g/mol. The molecule has 2 rings (SSSR count). The number of hydrogen-bond acceptors (Lipinski definition) is 4. The molecule has 0 fully saturated rings. The van der Waals surface area contributed by atoms with E-state index in [-0.39, 0.29) is 0 Å². The zero-order chi connectivity index (χ0) is 10.7. The van der Waals surface area contributed by atoms with E-state index < -0.39 is 0 Å². The first-order valence-electron chi connectivity index (χ1n) is 4.81. The van der Waals surface area contributed by atoms with Crippen molar-refractivity contribution >= 4 is 11.8 Å². The quantitative estimate of drug-likeness (QED) is 0.745. The number of hydrogen-bond donors (Lipinski definition) is 0. The second kappa shape index (κ2) is 4.49. The van der Waals surface area contributed by atoms with Crippen LogP contribution in [0.25, 0.3) is 11.5 Å². The minimum Gasteiger partial charge on any atom is -0.423 e. The average Bonchev–Trinajstić information content (AvgIpc) is 2.74. The van der Waals surface area contributed by atoms with Gasteiger partial charge in [0.15, 0.2) is 0 Å². The molecular formula is C11H12N2OS. The summed E-state index contributed by atoms with van der Waals surface area (Å²) in [4.78, 5) is 1.19. The Kier molecular flexibility index (Phi) is 3.06. The van der Waals surface area contributed by atoms with E-state index in [1.807, 2.05) is 0 Å². The van der Waals surface area contributed by atoms with Crippen LogP contribution in [0.1, 0.15) is 12.5 Å². The minimum atomic E-state index is 0.592. The van der Waals surface area contributed by atoms with E-state index in [9.17, 15) is 0 Å². The molecule has 0 bridgehead atoms. The highest BCUT2D eigenvalue weighted by atomic mass is 32.2. The average molecular weight is 220 g/mol. The second-order valence-corrected chi connectivity index (χ2v) is 4.48. The van der Waals surface area contributed by atoms with Crippen molar-refractivity contribution in [2.75, 3.05) is 5.75 Å². The van der Waals surface area contributed by atoms with Crippen LogP contribution in [0.3, 0.4) is 0 Å². The molecule has 0 spiro atoms. The molecule has 78 valence electrons. The van der Waals surface area contributed by atoms with Crippen molar-refractivity contribution in [3.05, 3.63) is 30.2 Å². The maximum absolute atomic E-state index is 5.23. The van der Waals surface area contributed by atoms with Gasteiger partial charge in [-0.2, -0.15) is 0 Å². The Morgan fingerprint density at radius 3 is 2.93 bits per heavy atom. The molecule has 2 aromatic rings. The maximum atomic E-state index is 5.23. The largest absolute Gasteiger partial charge is 0.423 e. The first-order chi connectivity index (χ1) is 7.31. The van der Waals surface area contributed by atoms with Crippen LogP contribution in [0.5, 0.6) is 0 Å². The Balaban J connectivity index is 2.47. The van der Waals surface area contributed by atoms with E-state index >= 15 is 0 Å². The molecule has 15 heavy (non-hydrogen) atoms. The molecule has 3 nitrogen and oxygen atoms in total. The molecule has 1 heterocycles. The van der Waals surface area contributed by atoms with Gasteiger partial charge < -0.3 is 4.42 Å². The van der Waals surface area contributed by atoms with Crippen molar-refractivity contribution in [2.24, 2.45) is 0 Å². The van der Waals surface area contributed by atoms with Crippen molar-refractivity contribution in [1.82, 2.24) is 10.2 Å². The Morgan fingerprint density at radius 2 is 2.27 bits per heavy atom. The summed E-state index contributed by atoms with van der Waals surface area (Å²) in [6, 6.07) is 6.27. The van der Waals surface area contributed by atoms with Gasteiger partial charge >= 0.3 is 0 Å². The summed E-state index contributed by atoms with van der Waals surface area (Å²) in [5.74, 6) is 1.62. The third-order valence-corrected chi connectivity index (χ3v) is 2.98. The van der Waals surface area contributed by atoms with E-state index in [2.05, 4.69) is 42.2 Å². The van der Waals surface area contributed by atoms with E-state index in [4.69, 9.17) is 4.42 Å². The molecule has 0 aliphatic rings. The van der Waals surface area contributed by atoms with Gasteiger partial charge in [-0.15, -0.1) is 22.0 Å². The lowest BCUT2D eigenvalue weighted by Gasteiger charge is -2.05. The van der Waals surface area contributed by atoms with Crippen LogP contribution < -0.4 is 0 Å². The van der Waals surface area contributed by atoms with Gasteiger partial charge in [0.2, 0.25) is 12.3 Å². The fraction of sp³-hybridized carbons (Fsp3) is 0.273. The highest BCUT2D eigenvalue weighted by molar-refractivity contribution is 7.99. The molecule has 4 heteroatoms. The molecule has 0 aliphatic heterocycles. The summed E-state index contributed by atoms with van der Waals surface area (Å²) in [5, 5.41) is 7.64. The summed E-state index contributed by atoms with van der Waals surface area (Å²) in [7, 11) is 0. The molecule has 0 saturated carbocycles. The first-order valence-corrected chi connectivity index (χ1v) is 5.80. The third-order valence-electron chi connectivity index (χ3n) is 2.03. The fourth-order valence-electron chi connectivity index (χ4n) is 1.38. The summed E-state index contributed by atoms with van der Waals surface area (Å²) in [6.07, 6.45) is 1.36. The van der Waals surface area contributed by atoms with E-state index in [1.54, 1.807) is 11.8 Å². The summed E-state index contributed by atoms with van der Waals surface area (Å²) >= 11 is 1.78. The zero-order valence-electron chi connectivity index (χ0n) is 8.73.